The molecule has 6 nitrogen and oxygen atoms in total. The van der Waals surface area contributed by atoms with Crippen molar-refractivity contribution < 1.29 is 19.8 Å². The van der Waals surface area contributed by atoms with Crippen molar-refractivity contribution in [2.75, 3.05) is 11.5 Å². The van der Waals surface area contributed by atoms with Gasteiger partial charge in [-0.2, -0.15) is 25.3 Å². The van der Waals surface area contributed by atoms with E-state index in [-0.39, 0.29) is 17.3 Å². The third-order valence-corrected chi connectivity index (χ3v) is 2.39. The van der Waals surface area contributed by atoms with Crippen LogP contribution in [0.15, 0.2) is 12.4 Å². The van der Waals surface area contributed by atoms with E-state index in [9.17, 15) is 9.59 Å². The quantitative estimate of drug-likeness (QED) is 0.328. The summed E-state index contributed by atoms with van der Waals surface area (Å²) >= 11 is 7.68. The molecule has 0 heterocycles. The largest absolute Gasteiger partial charge is 0.480 e. The lowest BCUT2D eigenvalue weighted by Crippen LogP contribution is -2.46. The van der Waals surface area contributed by atoms with E-state index in [1.807, 2.05) is 0 Å². The molecule has 0 rings (SSSR count). The van der Waals surface area contributed by atoms with Crippen molar-refractivity contribution in [2.45, 2.75) is 12.1 Å². The van der Waals surface area contributed by atoms with Crippen LogP contribution in [0.1, 0.15) is 0 Å². The topological polar surface area (TPSA) is 98.7 Å². The van der Waals surface area contributed by atoms with Gasteiger partial charge in [0.25, 0.3) is 0 Å². The van der Waals surface area contributed by atoms with Crippen molar-refractivity contribution in [3.8, 4) is 0 Å². The van der Waals surface area contributed by atoms with Gasteiger partial charge in [-0.1, -0.05) is 6.58 Å². The van der Waals surface area contributed by atoms with Crippen LogP contribution in [0, 0.1) is 0 Å². The van der Waals surface area contributed by atoms with Gasteiger partial charge in [0.2, 0.25) is 0 Å². The first-order chi connectivity index (χ1) is 7.42. The van der Waals surface area contributed by atoms with E-state index in [0.29, 0.717) is 0 Å². The molecule has 0 saturated heterocycles. The van der Waals surface area contributed by atoms with Crippen LogP contribution in [0.5, 0.6) is 0 Å². The Morgan fingerprint density at radius 2 is 1.38 bits per heavy atom. The number of carboxylic acids is 2. The summed E-state index contributed by atoms with van der Waals surface area (Å²) in [5, 5.41) is 22.4. The van der Waals surface area contributed by atoms with E-state index in [1.165, 1.54) is 0 Å². The zero-order valence-corrected chi connectivity index (χ0v) is 10.2. The number of hydrogen-bond donors (Lipinski definition) is 6. The third kappa shape index (κ3) is 5.17. The highest BCUT2D eigenvalue weighted by Gasteiger charge is 2.19. The van der Waals surface area contributed by atoms with Crippen molar-refractivity contribution in [3.05, 3.63) is 12.4 Å². The summed E-state index contributed by atoms with van der Waals surface area (Å²) in [4.78, 5) is 21.3. The molecule has 92 valence electrons. The summed E-state index contributed by atoms with van der Waals surface area (Å²) in [6.45, 7) is 3.48. The predicted molar refractivity (Wildman–Crippen MR) is 66.0 cm³/mol. The maximum absolute atomic E-state index is 10.6. The molecule has 4 N–H and O–H groups in total. The SMILES string of the molecule is C=C(N[C@@H](CS)C(=O)O)N[C@@H](CS)C(=O)O. The van der Waals surface area contributed by atoms with Crippen LogP contribution in [0.4, 0.5) is 0 Å². The molecule has 0 fully saturated rings. The first kappa shape index (κ1) is 15.0. The highest BCUT2D eigenvalue weighted by molar-refractivity contribution is 7.80. The summed E-state index contributed by atoms with van der Waals surface area (Å²) in [6, 6.07) is -1.84. The van der Waals surface area contributed by atoms with Gasteiger partial charge in [0.15, 0.2) is 0 Å². The van der Waals surface area contributed by atoms with Gasteiger partial charge in [-0.25, -0.2) is 9.59 Å². The molecule has 0 aliphatic carbocycles. The van der Waals surface area contributed by atoms with Crippen LogP contribution in [0.25, 0.3) is 0 Å². The molecule has 0 bridgehead atoms. The Kier molecular flexibility index (Phi) is 6.82. The predicted octanol–water partition coefficient (Wildman–Crippen LogP) is -0.597. The van der Waals surface area contributed by atoms with Gasteiger partial charge in [0.1, 0.15) is 12.1 Å². The van der Waals surface area contributed by atoms with Crippen LogP contribution in [0.3, 0.4) is 0 Å². The maximum atomic E-state index is 10.6. The lowest BCUT2D eigenvalue weighted by Gasteiger charge is -2.20. The highest BCUT2D eigenvalue weighted by Crippen LogP contribution is 1.95. The molecule has 0 radical (unpaired) electrons. The Balaban J connectivity index is 4.25. The average Bonchev–Trinajstić information content (AvgIpc) is 2.21. The molecule has 2 atom stereocenters. The number of hydrogen-bond acceptors (Lipinski definition) is 6. The number of thiol groups is 2. The Labute approximate surface area is 104 Å². The van der Waals surface area contributed by atoms with Crippen LogP contribution in [-0.2, 0) is 9.59 Å². The molecule has 0 spiro atoms. The minimum absolute atomic E-state index is 0.0641. The normalized spacial score (nSPS) is 13.6. The van der Waals surface area contributed by atoms with E-state index >= 15 is 0 Å². The van der Waals surface area contributed by atoms with Crippen molar-refractivity contribution in [1.29, 1.82) is 0 Å². The Bertz CT molecular complexity index is 259. The zero-order valence-electron chi connectivity index (χ0n) is 8.38. The van der Waals surface area contributed by atoms with Crippen molar-refractivity contribution >= 4 is 37.2 Å². The molecule has 8 heteroatoms. The summed E-state index contributed by atoms with van der Waals surface area (Å²) in [5.41, 5.74) is 0. The molecule has 0 amide bonds. The molecule has 0 unspecified atom stereocenters. The van der Waals surface area contributed by atoms with E-state index in [1.54, 1.807) is 0 Å². The summed E-state index contributed by atoms with van der Waals surface area (Å²) in [6.07, 6.45) is 0. The standard InChI is InChI=1S/C8H14N2O4S2/c1-4(9-5(2-15)7(11)12)10-6(3-16)8(13)14/h5-6,9-10,15-16H,1-3H2,(H,11,12)(H,13,14)/t5-,6-/m0/s1. The third-order valence-electron chi connectivity index (χ3n) is 1.66. The van der Waals surface area contributed by atoms with Crippen molar-refractivity contribution in [2.24, 2.45) is 0 Å². The Morgan fingerprint density at radius 1 is 1.06 bits per heavy atom. The number of carboxylic acid groups (broad SMARTS) is 2. The zero-order chi connectivity index (χ0) is 12.7. The second-order valence-corrected chi connectivity index (χ2v) is 3.64. The van der Waals surface area contributed by atoms with Gasteiger partial charge in [-0.15, -0.1) is 0 Å². The number of aliphatic carboxylic acids is 2. The van der Waals surface area contributed by atoms with Gasteiger partial charge in [0, 0.05) is 11.5 Å². The lowest BCUT2D eigenvalue weighted by molar-refractivity contribution is -0.139. The fourth-order valence-corrected chi connectivity index (χ4v) is 1.33. The first-order valence-corrected chi connectivity index (χ1v) is 5.58. The second kappa shape index (κ2) is 7.29. The number of nitrogens with one attached hydrogen (secondary N) is 2. The Morgan fingerprint density at radius 3 is 1.56 bits per heavy atom. The minimum Gasteiger partial charge on any atom is -0.480 e. The van der Waals surface area contributed by atoms with E-state index in [2.05, 4.69) is 42.5 Å². The summed E-state index contributed by atoms with van der Waals surface area (Å²) in [5.74, 6) is -1.93. The fourth-order valence-electron chi connectivity index (χ4n) is 0.833. The number of rotatable bonds is 8. The van der Waals surface area contributed by atoms with Crippen LogP contribution < -0.4 is 10.6 Å². The lowest BCUT2D eigenvalue weighted by atomic mass is 10.3. The van der Waals surface area contributed by atoms with Gasteiger partial charge in [-0.05, 0) is 0 Å². The van der Waals surface area contributed by atoms with Gasteiger partial charge in [0.05, 0.1) is 5.82 Å². The molecule has 0 aliphatic rings. The minimum atomic E-state index is -1.09. The molecule has 0 aromatic heterocycles. The molecule has 0 aliphatic heterocycles. The maximum Gasteiger partial charge on any atom is 0.327 e. The monoisotopic (exact) mass is 266 g/mol. The summed E-state index contributed by atoms with van der Waals surface area (Å²) < 4.78 is 0. The van der Waals surface area contributed by atoms with E-state index in [0.717, 1.165) is 0 Å². The fraction of sp³-hybridized carbons (Fsp3) is 0.500. The van der Waals surface area contributed by atoms with Crippen molar-refractivity contribution in [1.82, 2.24) is 10.6 Å². The van der Waals surface area contributed by atoms with Crippen LogP contribution in [0.2, 0.25) is 0 Å². The Hall–Kier alpha value is -1.02. The highest BCUT2D eigenvalue weighted by atomic mass is 32.1. The summed E-state index contributed by atoms with van der Waals surface area (Å²) in [7, 11) is 0. The van der Waals surface area contributed by atoms with Gasteiger partial charge >= 0.3 is 11.9 Å². The van der Waals surface area contributed by atoms with E-state index < -0.39 is 24.0 Å². The first-order valence-electron chi connectivity index (χ1n) is 4.31. The van der Waals surface area contributed by atoms with Crippen LogP contribution >= 0.6 is 25.3 Å². The van der Waals surface area contributed by atoms with E-state index in [4.69, 9.17) is 10.2 Å². The molecular weight excluding hydrogens is 252 g/mol. The molecular formula is C8H14N2O4S2. The molecule has 0 aromatic carbocycles. The molecule has 16 heavy (non-hydrogen) atoms. The average molecular weight is 266 g/mol. The van der Waals surface area contributed by atoms with Gasteiger partial charge < -0.3 is 20.8 Å². The molecule has 0 aromatic rings. The van der Waals surface area contributed by atoms with Crippen molar-refractivity contribution in [3.63, 3.8) is 0 Å². The molecule has 0 saturated carbocycles. The second-order valence-electron chi connectivity index (χ2n) is 2.91. The number of carbonyl (C=O) groups is 2. The smallest absolute Gasteiger partial charge is 0.327 e. The van der Waals surface area contributed by atoms with Gasteiger partial charge in [-0.3, -0.25) is 0 Å². The van der Waals surface area contributed by atoms with Crippen LogP contribution in [-0.4, -0.2) is 45.7 Å².